The molecule has 6 rings (SSSR count). The van der Waals surface area contributed by atoms with E-state index in [-0.39, 0.29) is 11.4 Å². The van der Waals surface area contributed by atoms with Gasteiger partial charge in [-0.05, 0) is 102 Å². The molecule has 7 heteroatoms. The maximum Gasteiger partial charge on any atom is 0.251 e. The Balaban J connectivity index is 1.23. The molecule has 3 heterocycles. The van der Waals surface area contributed by atoms with Gasteiger partial charge in [-0.3, -0.25) is 4.79 Å². The van der Waals surface area contributed by atoms with E-state index in [2.05, 4.69) is 34.1 Å². The Labute approximate surface area is 239 Å². The number of nitrogens with one attached hydrogen (secondary N) is 1. The van der Waals surface area contributed by atoms with Gasteiger partial charge in [-0.15, -0.1) is 0 Å². The van der Waals surface area contributed by atoms with Crippen molar-refractivity contribution >= 4 is 16.5 Å². The lowest BCUT2D eigenvalue weighted by Crippen LogP contribution is -2.32. The summed E-state index contributed by atoms with van der Waals surface area (Å²) in [5.74, 6) is 2.01. The van der Waals surface area contributed by atoms with E-state index in [1.807, 2.05) is 25.1 Å². The summed E-state index contributed by atoms with van der Waals surface area (Å²) in [6.07, 6.45) is 3.53. The van der Waals surface area contributed by atoms with Crippen LogP contribution >= 0.6 is 0 Å². The fourth-order valence-corrected chi connectivity index (χ4v) is 5.75. The summed E-state index contributed by atoms with van der Waals surface area (Å²) in [5, 5.41) is 1.04. The van der Waals surface area contributed by atoms with E-state index in [1.54, 1.807) is 12.1 Å². The molecule has 41 heavy (non-hydrogen) atoms. The number of nitrogens with zero attached hydrogens (tertiary/aromatic N) is 1. The van der Waals surface area contributed by atoms with Crippen LogP contribution in [0.4, 0.5) is 4.39 Å². The van der Waals surface area contributed by atoms with Crippen molar-refractivity contribution in [3.63, 3.8) is 0 Å². The number of hydrogen-bond donors (Lipinski definition) is 1. The lowest BCUT2D eigenvalue weighted by atomic mass is 9.87. The minimum absolute atomic E-state index is 0.0198. The minimum Gasteiger partial charge on any atom is -0.494 e. The number of likely N-dealkylation sites (tertiary alicyclic amines) is 1. The van der Waals surface area contributed by atoms with Crippen LogP contribution in [-0.2, 0) is 6.42 Å². The first-order valence-corrected chi connectivity index (χ1v) is 14.5. The fraction of sp³-hybridized carbons (Fsp3) is 0.324. The average Bonchev–Trinajstić information content (AvgIpc) is 3.01. The monoisotopic (exact) mass is 554 g/mol. The van der Waals surface area contributed by atoms with Crippen LogP contribution in [0.3, 0.4) is 0 Å². The number of benzene rings is 3. The van der Waals surface area contributed by atoms with Gasteiger partial charge in [-0.25, -0.2) is 4.39 Å². The van der Waals surface area contributed by atoms with Crippen molar-refractivity contribution < 1.29 is 18.6 Å². The molecule has 2 aliphatic rings. The molecule has 0 bridgehead atoms. The van der Waals surface area contributed by atoms with Crippen LogP contribution < -0.4 is 19.8 Å². The Kier molecular flexibility index (Phi) is 8.05. The fourth-order valence-electron chi connectivity index (χ4n) is 5.75. The number of H-pyrrole nitrogens is 1. The molecule has 0 amide bonds. The standard InChI is InChI=1S/C34H35FN2O4/c1-2-23-20-27-21-25(4-10-30(27)36-34(23)38)33(26-5-11-31-32(22-26)41-19-18-40-31)24-12-15-37(16-13-24)14-3-17-39-29-8-6-28(35)7-9-29/h4-11,20-22H,2-3,12-19H2,1H3,(H,36,38). The minimum atomic E-state index is -0.255. The second-order valence-electron chi connectivity index (χ2n) is 10.6. The highest BCUT2D eigenvalue weighted by Crippen LogP contribution is 2.38. The molecule has 0 saturated carbocycles. The normalized spacial score (nSPS) is 15.2. The number of fused-ring (bicyclic) bond motifs is 2. The number of aromatic nitrogens is 1. The first kappa shape index (κ1) is 27.1. The van der Waals surface area contributed by atoms with Gasteiger partial charge < -0.3 is 24.1 Å². The first-order valence-electron chi connectivity index (χ1n) is 14.5. The van der Waals surface area contributed by atoms with Crippen LogP contribution in [0.15, 0.2) is 77.1 Å². The number of rotatable bonds is 8. The predicted octanol–water partition coefficient (Wildman–Crippen LogP) is 6.37. The van der Waals surface area contributed by atoms with E-state index < -0.39 is 0 Å². The Hall–Kier alpha value is -4.10. The highest BCUT2D eigenvalue weighted by Gasteiger charge is 2.21. The summed E-state index contributed by atoms with van der Waals surface area (Å²) in [4.78, 5) is 17.9. The van der Waals surface area contributed by atoms with Gasteiger partial charge >= 0.3 is 0 Å². The van der Waals surface area contributed by atoms with Gasteiger partial charge in [0.1, 0.15) is 24.8 Å². The van der Waals surface area contributed by atoms with Crippen molar-refractivity contribution in [1.82, 2.24) is 9.88 Å². The van der Waals surface area contributed by atoms with Crippen LogP contribution in [0.25, 0.3) is 16.5 Å². The van der Waals surface area contributed by atoms with E-state index in [1.165, 1.54) is 23.3 Å². The summed E-state index contributed by atoms with van der Waals surface area (Å²) in [5.41, 5.74) is 6.52. The molecular weight excluding hydrogens is 519 g/mol. The van der Waals surface area contributed by atoms with Gasteiger partial charge in [0.05, 0.1) is 6.61 Å². The molecule has 0 spiro atoms. The van der Waals surface area contributed by atoms with Crippen LogP contribution in [0.1, 0.15) is 42.9 Å². The molecule has 0 aliphatic carbocycles. The highest BCUT2D eigenvalue weighted by molar-refractivity contribution is 5.89. The smallest absolute Gasteiger partial charge is 0.251 e. The van der Waals surface area contributed by atoms with Crippen molar-refractivity contribution in [1.29, 1.82) is 0 Å². The van der Waals surface area contributed by atoms with Crippen molar-refractivity contribution in [2.45, 2.75) is 32.6 Å². The molecule has 1 aromatic heterocycles. The second-order valence-corrected chi connectivity index (χ2v) is 10.6. The predicted molar refractivity (Wildman–Crippen MR) is 160 cm³/mol. The molecule has 0 atom stereocenters. The van der Waals surface area contributed by atoms with Crippen LogP contribution in [-0.4, -0.2) is 49.3 Å². The number of piperidine rings is 1. The molecule has 2 aliphatic heterocycles. The van der Waals surface area contributed by atoms with Crippen molar-refractivity contribution in [2.24, 2.45) is 0 Å². The maximum absolute atomic E-state index is 13.1. The number of hydrogen-bond acceptors (Lipinski definition) is 5. The zero-order valence-corrected chi connectivity index (χ0v) is 23.4. The third-order valence-electron chi connectivity index (χ3n) is 7.94. The zero-order chi connectivity index (χ0) is 28.2. The van der Waals surface area contributed by atoms with Crippen LogP contribution in [0, 0.1) is 5.82 Å². The molecule has 1 N–H and O–H groups in total. The van der Waals surface area contributed by atoms with Gasteiger partial charge in [0.25, 0.3) is 5.56 Å². The first-order chi connectivity index (χ1) is 20.1. The second kappa shape index (κ2) is 12.2. The Bertz CT molecular complexity index is 1620. The van der Waals surface area contributed by atoms with Crippen molar-refractivity contribution in [3.05, 3.63) is 105 Å². The van der Waals surface area contributed by atoms with Crippen molar-refractivity contribution in [2.75, 3.05) is 39.5 Å². The molecular formula is C34H35FN2O4. The van der Waals surface area contributed by atoms with E-state index in [0.717, 1.165) is 78.0 Å². The summed E-state index contributed by atoms with van der Waals surface area (Å²) in [6, 6.07) is 20.8. The molecule has 0 radical (unpaired) electrons. The number of aryl methyl sites for hydroxylation is 1. The van der Waals surface area contributed by atoms with Gasteiger partial charge in [0.2, 0.25) is 0 Å². The van der Waals surface area contributed by atoms with Gasteiger partial charge in [-0.1, -0.05) is 24.6 Å². The molecule has 6 nitrogen and oxygen atoms in total. The quantitative estimate of drug-likeness (QED) is 0.257. The highest BCUT2D eigenvalue weighted by atomic mass is 19.1. The number of pyridine rings is 1. The van der Waals surface area contributed by atoms with Gasteiger partial charge in [0, 0.05) is 30.7 Å². The number of halogens is 1. The molecule has 1 saturated heterocycles. The van der Waals surface area contributed by atoms with Crippen LogP contribution in [0.5, 0.6) is 17.2 Å². The summed E-state index contributed by atoms with van der Waals surface area (Å²) < 4.78 is 30.6. The SMILES string of the molecule is CCc1cc2cc(C(=C3CCN(CCCOc4ccc(F)cc4)CC3)c3ccc4c(c3)OCCO4)ccc2[nH]c1=O. The lowest BCUT2D eigenvalue weighted by molar-refractivity contribution is 0.171. The molecule has 1 fully saturated rings. The Morgan fingerprint density at radius 2 is 1.66 bits per heavy atom. The molecule has 4 aromatic rings. The van der Waals surface area contributed by atoms with Crippen molar-refractivity contribution in [3.8, 4) is 17.2 Å². The summed E-state index contributed by atoms with van der Waals surface area (Å²) in [6.45, 7) is 6.62. The van der Waals surface area contributed by atoms with E-state index in [0.29, 0.717) is 32.0 Å². The Morgan fingerprint density at radius 3 is 2.44 bits per heavy atom. The third-order valence-corrected chi connectivity index (χ3v) is 7.94. The van der Waals surface area contributed by atoms with Gasteiger partial charge in [0.15, 0.2) is 11.5 Å². The molecule has 0 unspecified atom stereocenters. The van der Waals surface area contributed by atoms with E-state index >= 15 is 0 Å². The molecule has 3 aromatic carbocycles. The summed E-state index contributed by atoms with van der Waals surface area (Å²) in [7, 11) is 0. The topological polar surface area (TPSA) is 63.8 Å². The maximum atomic E-state index is 13.1. The van der Waals surface area contributed by atoms with E-state index in [9.17, 15) is 9.18 Å². The average molecular weight is 555 g/mol. The van der Waals surface area contributed by atoms with E-state index in [4.69, 9.17) is 14.2 Å². The zero-order valence-electron chi connectivity index (χ0n) is 23.4. The molecule has 212 valence electrons. The van der Waals surface area contributed by atoms with Gasteiger partial charge in [-0.2, -0.15) is 0 Å². The van der Waals surface area contributed by atoms with Crippen LogP contribution in [0.2, 0.25) is 0 Å². The number of ether oxygens (including phenoxy) is 3. The third kappa shape index (κ3) is 6.15. The lowest BCUT2D eigenvalue weighted by Gasteiger charge is -2.30. The number of aromatic amines is 1. The Morgan fingerprint density at radius 1 is 0.927 bits per heavy atom. The largest absolute Gasteiger partial charge is 0.494 e. The summed E-state index contributed by atoms with van der Waals surface area (Å²) >= 11 is 0.